The number of carbonyl (C=O) groups is 3. The maximum Gasteiger partial charge on any atom is 0.336 e. The maximum atomic E-state index is 14.1. The number of ether oxygens (including phenoxy) is 4. The molecule has 1 aromatic heterocycles. The maximum absolute atomic E-state index is 14.1. The Balaban J connectivity index is 1.97. The molecule has 184 valence electrons. The average Bonchev–Trinajstić information content (AvgIpc) is 3.41. The predicted octanol–water partition coefficient (Wildman–Crippen LogP) is 3.70. The van der Waals surface area contributed by atoms with E-state index in [2.05, 4.69) is 5.32 Å². The van der Waals surface area contributed by atoms with E-state index in [0.717, 1.165) is 4.88 Å². The van der Waals surface area contributed by atoms with E-state index in [1.54, 1.807) is 25.1 Å². The summed E-state index contributed by atoms with van der Waals surface area (Å²) in [6.07, 6.45) is 0.399. The zero-order valence-electron chi connectivity index (χ0n) is 20.2. The van der Waals surface area contributed by atoms with Crippen LogP contribution in [0.2, 0.25) is 0 Å². The number of rotatable bonds is 6. The molecular formula is C26H27NO7S. The van der Waals surface area contributed by atoms with Crippen LogP contribution in [-0.4, -0.2) is 46.2 Å². The SMILES string of the molecule is COC(=O)C1=C(C)NC2=C(C(=O)[C@H](C(=O)OC)[C@@H](c3cccs3)C2)[C@H]1c1cc(OC)ccc1OC. The van der Waals surface area contributed by atoms with Gasteiger partial charge in [-0.1, -0.05) is 6.07 Å². The van der Waals surface area contributed by atoms with Gasteiger partial charge in [0.1, 0.15) is 17.4 Å². The topological polar surface area (TPSA) is 100 Å². The monoisotopic (exact) mass is 497 g/mol. The molecule has 0 unspecified atom stereocenters. The van der Waals surface area contributed by atoms with Crippen LogP contribution in [0.1, 0.15) is 35.6 Å². The number of hydrogen-bond acceptors (Lipinski definition) is 9. The molecule has 0 fully saturated rings. The minimum atomic E-state index is -1.05. The van der Waals surface area contributed by atoms with Crippen LogP contribution >= 0.6 is 11.3 Å². The van der Waals surface area contributed by atoms with Gasteiger partial charge in [-0.05, 0) is 43.0 Å². The molecule has 1 aliphatic heterocycles. The first-order valence-electron chi connectivity index (χ1n) is 11.0. The summed E-state index contributed by atoms with van der Waals surface area (Å²) < 4.78 is 21.2. The summed E-state index contributed by atoms with van der Waals surface area (Å²) in [5.74, 6) is -2.84. The Labute approximate surface area is 207 Å². The van der Waals surface area contributed by atoms with Crippen LogP contribution in [0.15, 0.2) is 58.3 Å². The van der Waals surface area contributed by atoms with Crippen LogP contribution in [0, 0.1) is 5.92 Å². The van der Waals surface area contributed by atoms with E-state index in [1.807, 2.05) is 17.5 Å². The van der Waals surface area contributed by atoms with Gasteiger partial charge in [-0.3, -0.25) is 9.59 Å². The number of thiophene rings is 1. The average molecular weight is 498 g/mol. The molecule has 0 amide bonds. The number of methoxy groups -OCH3 is 4. The minimum Gasteiger partial charge on any atom is -0.497 e. The first kappa shape index (κ1) is 24.5. The molecule has 1 aliphatic carbocycles. The van der Waals surface area contributed by atoms with E-state index < -0.39 is 29.6 Å². The van der Waals surface area contributed by atoms with Crippen LogP contribution in [-0.2, 0) is 23.9 Å². The highest BCUT2D eigenvalue weighted by molar-refractivity contribution is 7.10. The van der Waals surface area contributed by atoms with Crippen molar-refractivity contribution in [2.45, 2.75) is 25.2 Å². The third-order valence-corrected chi connectivity index (χ3v) is 7.54. The lowest BCUT2D eigenvalue weighted by atomic mass is 9.68. The van der Waals surface area contributed by atoms with E-state index in [1.165, 1.54) is 39.8 Å². The van der Waals surface area contributed by atoms with Crippen LogP contribution in [0.5, 0.6) is 11.5 Å². The van der Waals surface area contributed by atoms with Gasteiger partial charge in [-0.15, -0.1) is 11.3 Å². The zero-order chi connectivity index (χ0) is 25.3. The normalized spacial score (nSPS) is 21.7. The third-order valence-electron chi connectivity index (χ3n) is 6.54. The second-order valence-corrected chi connectivity index (χ2v) is 9.26. The fourth-order valence-electron chi connectivity index (χ4n) is 4.96. The van der Waals surface area contributed by atoms with Crippen molar-refractivity contribution in [3.63, 3.8) is 0 Å². The van der Waals surface area contributed by atoms with E-state index in [9.17, 15) is 14.4 Å². The highest BCUT2D eigenvalue weighted by Crippen LogP contribution is 2.50. The van der Waals surface area contributed by atoms with Gasteiger partial charge in [0.05, 0.1) is 39.9 Å². The van der Waals surface area contributed by atoms with Gasteiger partial charge < -0.3 is 24.3 Å². The van der Waals surface area contributed by atoms with Crippen molar-refractivity contribution < 1.29 is 33.3 Å². The minimum absolute atomic E-state index is 0.268. The summed E-state index contributed by atoms with van der Waals surface area (Å²) in [5, 5.41) is 5.18. The molecule has 3 atom stereocenters. The second kappa shape index (κ2) is 9.95. The smallest absolute Gasteiger partial charge is 0.336 e. The number of ketones is 1. The van der Waals surface area contributed by atoms with Gasteiger partial charge in [0.15, 0.2) is 5.78 Å². The van der Waals surface area contributed by atoms with Crippen molar-refractivity contribution in [2.75, 3.05) is 28.4 Å². The Morgan fingerprint density at radius 3 is 2.43 bits per heavy atom. The molecule has 1 N–H and O–H groups in total. The largest absolute Gasteiger partial charge is 0.497 e. The molecule has 8 nitrogen and oxygen atoms in total. The number of carbonyl (C=O) groups excluding carboxylic acids is 3. The molecule has 0 spiro atoms. The lowest BCUT2D eigenvalue weighted by Crippen LogP contribution is -2.43. The molecule has 9 heteroatoms. The van der Waals surface area contributed by atoms with Gasteiger partial charge in [0.2, 0.25) is 0 Å². The summed E-state index contributed by atoms with van der Waals surface area (Å²) in [4.78, 5) is 41.0. The number of Topliss-reactive ketones (excluding diaryl/α,β-unsaturated/α-hetero) is 1. The molecule has 1 aromatic carbocycles. The van der Waals surface area contributed by atoms with Gasteiger partial charge in [-0.2, -0.15) is 0 Å². The van der Waals surface area contributed by atoms with Gasteiger partial charge in [0.25, 0.3) is 0 Å². The molecule has 0 radical (unpaired) electrons. The number of nitrogens with one attached hydrogen (secondary N) is 1. The van der Waals surface area contributed by atoms with Crippen molar-refractivity contribution in [1.82, 2.24) is 5.32 Å². The molecule has 2 aliphatic rings. The first-order valence-corrected chi connectivity index (χ1v) is 11.9. The molecule has 0 saturated heterocycles. The molecule has 0 bridgehead atoms. The van der Waals surface area contributed by atoms with Crippen LogP contribution in [0.4, 0.5) is 0 Å². The molecule has 4 rings (SSSR count). The highest BCUT2D eigenvalue weighted by Gasteiger charge is 2.49. The number of hydrogen-bond donors (Lipinski definition) is 1. The Morgan fingerprint density at radius 2 is 1.83 bits per heavy atom. The van der Waals surface area contributed by atoms with Crippen molar-refractivity contribution >= 4 is 29.1 Å². The van der Waals surface area contributed by atoms with E-state index >= 15 is 0 Å². The number of allylic oxidation sites excluding steroid dienone is 3. The fraction of sp³-hybridized carbons (Fsp3) is 0.346. The Kier molecular flexibility index (Phi) is 6.98. The Bertz CT molecular complexity index is 1230. The fourth-order valence-corrected chi connectivity index (χ4v) is 5.82. The van der Waals surface area contributed by atoms with E-state index in [-0.39, 0.29) is 11.5 Å². The summed E-state index contributed by atoms with van der Waals surface area (Å²) in [7, 11) is 5.62. The summed E-state index contributed by atoms with van der Waals surface area (Å²) >= 11 is 1.49. The van der Waals surface area contributed by atoms with Gasteiger partial charge in [-0.25, -0.2) is 4.79 Å². The lowest BCUT2D eigenvalue weighted by molar-refractivity contribution is -0.149. The number of benzene rings is 1. The van der Waals surface area contributed by atoms with Crippen molar-refractivity contribution in [1.29, 1.82) is 0 Å². The molecule has 2 heterocycles. The van der Waals surface area contributed by atoms with Crippen LogP contribution < -0.4 is 14.8 Å². The molecular weight excluding hydrogens is 470 g/mol. The third kappa shape index (κ3) is 4.20. The van der Waals surface area contributed by atoms with E-state index in [4.69, 9.17) is 18.9 Å². The molecule has 0 saturated carbocycles. The summed E-state index contributed by atoms with van der Waals surface area (Å²) in [5.41, 5.74) is 2.38. The Hall–Kier alpha value is -3.59. The van der Waals surface area contributed by atoms with Gasteiger partial charge >= 0.3 is 11.9 Å². The van der Waals surface area contributed by atoms with Crippen molar-refractivity contribution in [3.8, 4) is 11.5 Å². The Morgan fingerprint density at radius 1 is 1.06 bits per heavy atom. The number of dihydropyridines is 1. The summed E-state index contributed by atoms with van der Waals surface area (Å²) in [6.45, 7) is 1.77. The van der Waals surface area contributed by atoms with Crippen molar-refractivity contribution in [2.24, 2.45) is 5.92 Å². The molecule has 35 heavy (non-hydrogen) atoms. The summed E-state index contributed by atoms with van der Waals surface area (Å²) in [6, 6.07) is 9.00. The lowest BCUT2D eigenvalue weighted by Gasteiger charge is -2.39. The second-order valence-electron chi connectivity index (χ2n) is 8.28. The molecule has 2 aromatic rings. The van der Waals surface area contributed by atoms with Crippen LogP contribution in [0.25, 0.3) is 0 Å². The first-order chi connectivity index (χ1) is 16.9. The quantitative estimate of drug-likeness (QED) is 0.476. The highest BCUT2D eigenvalue weighted by atomic mass is 32.1. The van der Waals surface area contributed by atoms with Gasteiger partial charge in [0, 0.05) is 33.3 Å². The number of esters is 2. The van der Waals surface area contributed by atoms with Crippen LogP contribution in [0.3, 0.4) is 0 Å². The standard InChI is InChI=1S/C26H27NO7S/c1-13-20(25(29)33-4)21(15-11-14(31-2)8-9-18(15)32-3)23-17(27-13)12-16(19-7-6-10-35-19)22(24(23)28)26(30)34-5/h6-11,16,21-22,27H,12H2,1-5H3/t16-,21+,22-/m1/s1. The predicted molar refractivity (Wildman–Crippen MR) is 129 cm³/mol. The van der Waals surface area contributed by atoms with E-state index in [0.29, 0.717) is 40.5 Å². The van der Waals surface area contributed by atoms with Crippen molar-refractivity contribution in [3.05, 3.63) is 68.7 Å². The zero-order valence-corrected chi connectivity index (χ0v) is 21.0.